The number of pyridine rings is 1. The fourth-order valence-corrected chi connectivity index (χ4v) is 2.53. The van der Waals surface area contributed by atoms with Gasteiger partial charge in [-0.05, 0) is 32.0 Å². The van der Waals surface area contributed by atoms with E-state index in [-0.39, 0.29) is 5.56 Å². The zero-order valence-corrected chi connectivity index (χ0v) is 14.4. The van der Waals surface area contributed by atoms with Crippen molar-refractivity contribution in [2.45, 2.75) is 20.0 Å². The molecule has 0 aliphatic rings. The molecular weight excluding hydrogens is 332 g/mol. The number of rotatable bonds is 4. The number of H-pyrrole nitrogens is 1. The van der Waals surface area contributed by atoms with Gasteiger partial charge in [0, 0.05) is 22.7 Å². The van der Waals surface area contributed by atoms with Gasteiger partial charge in [0.1, 0.15) is 0 Å². The lowest BCUT2D eigenvalue weighted by Gasteiger charge is -2.14. The van der Waals surface area contributed by atoms with Gasteiger partial charge in [-0.2, -0.15) is 0 Å². The van der Waals surface area contributed by atoms with Crippen molar-refractivity contribution >= 4 is 28.5 Å². The van der Waals surface area contributed by atoms with E-state index < -0.39 is 23.5 Å². The highest BCUT2D eigenvalue weighted by molar-refractivity contribution is 6.04. The maximum atomic E-state index is 12.5. The van der Waals surface area contributed by atoms with Crippen molar-refractivity contribution in [2.24, 2.45) is 0 Å². The fraction of sp³-hybridized carbons (Fsp3) is 0.150. The Morgan fingerprint density at radius 1 is 1.08 bits per heavy atom. The highest BCUT2D eigenvalue weighted by Crippen LogP contribution is 2.16. The first-order chi connectivity index (χ1) is 12.4. The Morgan fingerprint density at radius 3 is 2.50 bits per heavy atom. The molecule has 6 nitrogen and oxygen atoms in total. The van der Waals surface area contributed by atoms with Gasteiger partial charge in [0.25, 0.3) is 5.91 Å². The van der Waals surface area contributed by atoms with Crippen LogP contribution in [-0.4, -0.2) is 23.0 Å². The monoisotopic (exact) mass is 350 g/mol. The average molecular weight is 350 g/mol. The Hall–Kier alpha value is -3.41. The average Bonchev–Trinajstić information content (AvgIpc) is 2.62. The van der Waals surface area contributed by atoms with E-state index in [0.29, 0.717) is 16.6 Å². The number of aromatic amines is 1. The lowest BCUT2D eigenvalue weighted by atomic mass is 10.1. The number of para-hydroxylation sites is 1. The minimum absolute atomic E-state index is 0.124. The summed E-state index contributed by atoms with van der Waals surface area (Å²) >= 11 is 0. The van der Waals surface area contributed by atoms with Crippen LogP contribution >= 0.6 is 0 Å². The highest BCUT2D eigenvalue weighted by Gasteiger charge is 2.21. The van der Waals surface area contributed by atoms with E-state index in [1.165, 1.54) is 13.0 Å². The quantitative estimate of drug-likeness (QED) is 0.708. The molecule has 0 aliphatic heterocycles. The van der Waals surface area contributed by atoms with Crippen LogP contribution in [0.3, 0.4) is 0 Å². The molecule has 1 atom stereocenters. The molecule has 2 N–H and O–H groups in total. The summed E-state index contributed by atoms with van der Waals surface area (Å²) in [5, 5.41) is 3.25. The number of esters is 1. The number of aryl methyl sites for hydroxylation is 1. The summed E-state index contributed by atoms with van der Waals surface area (Å²) in [5.74, 6) is -1.17. The molecule has 1 aromatic heterocycles. The van der Waals surface area contributed by atoms with Crippen molar-refractivity contribution in [3.8, 4) is 0 Å². The molecule has 2 aromatic carbocycles. The number of benzene rings is 2. The number of carbonyl (C=O) groups excluding carboxylic acids is 2. The van der Waals surface area contributed by atoms with Gasteiger partial charge in [-0.3, -0.25) is 9.59 Å². The molecule has 6 heteroatoms. The summed E-state index contributed by atoms with van der Waals surface area (Å²) in [5.41, 5.74) is 1.93. The number of nitrogens with one attached hydrogen (secondary N) is 2. The third kappa shape index (κ3) is 3.80. The Balaban J connectivity index is 1.76. The van der Waals surface area contributed by atoms with Crippen molar-refractivity contribution in [3.63, 3.8) is 0 Å². The lowest BCUT2D eigenvalue weighted by molar-refractivity contribution is -0.123. The number of amides is 1. The zero-order chi connectivity index (χ0) is 18.7. The van der Waals surface area contributed by atoms with Crippen LogP contribution < -0.4 is 10.9 Å². The summed E-state index contributed by atoms with van der Waals surface area (Å²) < 4.78 is 5.25. The van der Waals surface area contributed by atoms with Gasteiger partial charge in [0.05, 0.1) is 5.56 Å². The number of anilines is 1. The molecule has 0 bridgehead atoms. The van der Waals surface area contributed by atoms with Crippen molar-refractivity contribution < 1.29 is 14.3 Å². The first kappa shape index (κ1) is 17.4. The number of hydrogen-bond donors (Lipinski definition) is 2. The molecule has 0 spiro atoms. The molecule has 0 fully saturated rings. The van der Waals surface area contributed by atoms with Crippen LogP contribution in [0.25, 0.3) is 10.9 Å². The molecule has 26 heavy (non-hydrogen) atoms. The summed E-state index contributed by atoms with van der Waals surface area (Å²) in [6, 6.07) is 15.4. The van der Waals surface area contributed by atoms with Gasteiger partial charge in [-0.15, -0.1) is 0 Å². The Morgan fingerprint density at radius 2 is 1.77 bits per heavy atom. The van der Waals surface area contributed by atoms with Crippen molar-refractivity contribution in [2.75, 3.05) is 5.32 Å². The van der Waals surface area contributed by atoms with Crippen LogP contribution in [0.1, 0.15) is 22.8 Å². The second-order valence-electron chi connectivity index (χ2n) is 6.00. The number of aromatic nitrogens is 1. The van der Waals surface area contributed by atoms with Crippen LogP contribution in [0.5, 0.6) is 0 Å². The number of ether oxygens (including phenoxy) is 1. The third-order valence-corrected chi connectivity index (χ3v) is 3.94. The summed E-state index contributed by atoms with van der Waals surface area (Å²) in [4.78, 5) is 39.1. The first-order valence-electron chi connectivity index (χ1n) is 8.14. The normalized spacial score (nSPS) is 11.8. The highest BCUT2D eigenvalue weighted by atomic mass is 16.5. The smallest absolute Gasteiger partial charge is 0.339 e. The molecule has 3 rings (SSSR count). The molecule has 0 saturated heterocycles. The third-order valence-electron chi connectivity index (χ3n) is 3.94. The summed E-state index contributed by atoms with van der Waals surface area (Å²) in [6.45, 7) is 3.43. The van der Waals surface area contributed by atoms with E-state index in [0.717, 1.165) is 5.56 Å². The van der Waals surface area contributed by atoms with Gasteiger partial charge in [-0.25, -0.2) is 4.79 Å². The van der Waals surface area contributed by atoms with E-state index in [1.54, 1.807) is 36.4 Å². The van der Waals surface area contributed by atoms with Gasteiger partial charge in [0.15, 0.2) is 6.10 Å². The van der Waals surface area contributed by atoms with Gasteiger partial charge in [-0.1, -0.05) is 35.9 Å². The Labute approximate surface area is 149 Å². The molecule has 1 amide bonds. The summed E-state index contributed by atoms with van der Waals surface area (Å²) in [6.07, 6.45) is -1.01. The maximum Gasteiger partial charge on any atom is 0.339 e. The number of carbonyl (C=O) groups is 2. The van der Waals surface area contributed by atoms with Crippen LogP contribution in [0.15, 0.2) is 59.4 Å². The van der Waals surface area contributed by atoms with Crippen molar-refractivity contribution in [3.05, 3.63) is 76.1 Å². The molecular formula is C20H18N2O4. The largest absolute Gasteiger partial charge is 0.449 e. The van der Waals surface area contributed by atoms with Crippen LogP contribution in [0, 0.1) is 6.92 Å². The first-order valence-corrected chi connectivity index (χ1v) is 8.14. The molecule has 132 valence electrons. The standard InChI is InChI=1S/C20H18N2O4/c1-12-7-9-14(10-8-12)21-19(24)13(2)26-20(25)16-11-18(23)22-17-6-4-3-5-15(16)17/h3-11,13H,1-2H3,(H,21,24)(H,22,23). The van der Waals surface area contributed by atoms with E-state index in [9.17, 15) is 14.4 Å². The van der Waals surface area contributed by atoms with Crippen molar-refractivity contribution in [1.29, 1.82) is 0 Å². The molecule has 1 unspecified atom stereocenters. The lowest BCUT2D eigenvalue weighted by Crippen LogP contribution is -2.30. The molecule has 0 aliphatic carbocycles. The summed E-state index contributed by atoms with van der Waals surface area (Å²) in [7, 11) is 0. The maximum absolute atomic E-state index is 12.5. The Kier molecular flexibility index (Phi) is 4.84. The van der Waals surface area contributed by atoms with Crippen LogP contribution in [-0.2, 0) is 9.53 Å². The molecule has 0 radical (unpaired) electrons. The van der Waals surface area contributed by atoms with E-state index in [4.69, 9.17) is 4.74 Å². The van der Waals surface area contributed by atoms with E-state index >= 15 is 0 Å². The molecule has 3 aromatic rings. The second kappa shape index (κ2) is 7.23. The zero-order valence-electron chi connectivity index (χ0n) is 14.4. The topological polar surface area (TPSA) is 88.3 Å². The predicted molar refractivity (Wildman–Crippen MR) is 99.3 cm³/mol. The van der Waals surface area contributed by atoms with Crippen LogP contribution in [0.4, 0.5) is 5.69 Å². The second-order valence-corrected chi connectivity index (χ2v) is 6.00. The van der Waals surface area contributed by atoms with E-state index in [1.807, 2.05) is 19.1 Å². The SMILES string of the molecule is Cc1ccc(NC(=O)C(C)OC(=O)c2cc(=O)[nH]c3ccccc23)cc1. The van der Waals surface area contributed by atoms with Crippen LogP contribution in [0.2, 0.25) is 0 Å². The van der Waals surface area contributed by atoms with Crippen molar-refractivity contribution in [1.82, 2.24) is 4.98 Å². The molecule has 1 heterocycles. The van der Waals surface area contributed by atoms with Gasteiger partial charge < -0.3 is 15.0 Å². The fourth-order valence-electron chi connectivity index (χ4n) is 2.53. The van der Waals surface area contributed by atoms with Gasteiger partial charge >= 0.3 is 5.97 Å². The predicted octanol–water partition coefficient (Wildman–Crippen LogP) is 3.02. The minimum atomic E-state index is -1.01. The number of hydrogen-bond acceptors (Lipinski definition) is 4. The van der Waals surface area contributed by atoms with E-state index in [2.05, 4.69) is 10.3 Å². The van der Waals surface area contributed by atoms with Gasteiger partial charge in [0.2, 0.25) is 5.56 Å². The molecule has 0 saturated carbocycles. The number of fused-ring (bicyclic) bond motifs is 1. The Bertz CT molecular complexity index is 1020. The minimum Gasteiger partial charge on any atom is -0.449 e.